The summed E-state index contributed by atoms with van der Waals surface area (Å²) < 4.78 is 4.89. The second kappa shape index (κ2) is 4.63. The first-order valence-corrected chi connectivity index (χ1v) is 5.61. The van der Waals surface area contributed by atoms with Crippen LogP contribution in [-0.2, 0) is 9.53 Å². The summed E-state index contributed by atoms with van der Waals surface area (Å²) in [4.78, 5) is 24.9. The summed E-state index contributed by atoms with van der Waals surface area (Å²) in [6.07, 6.45) is 0.929. The highest BCUT2D eigenvalue weighted by atomic mass is 32.1. The number of cyclic esters (lactones) is 1. The molecule has 88 valence electrons. The van der Waals surface area contributed by atoms with Crippen molar-refractivity contribution in [3.63, 3.8) is 0 Å². The molecule has 0 spiro atoms. The van der Waals surface area contributed by atoms with Gasteiger partial charge in [0.25, 0.3) is 5.91 Å². The maximum absolute atomic E-state index is 11.7. The van der Waals surface area contributed by atoms with E-state index >= 15 is 0 Å². The van der Waals surface area contributed by atoms with Gasteiger partial charge in [0.05, 0.1) is 0 Å². The molecule has 0 unspecified atom stereocenters. The van der Waals surface area contributed by atoms with Crippen molar-refractivity contribution < 1.29 is 14.3 Å². The number of carbonyl (C=O) groups excluding carboxylic acids is 2. The van der Waals surface area contributed by atoms with E-state index in [4.69, 9.17) is 4.74 Å². The van der Waals surface area contributed by atoms with Crippen molar-refractivity contribution in [1.82, 2.24) is 4.90 Å². The number of nitrogens with zero attached hydrogens (tertiary/aromatic N) is 1. The summed E-state index contributed by atoms with van der Waals surface area (Å²) in [6, 6.07) is 7.19. The van der Waals surface area contributed by atoms with E-state index in [-0.39, 0.29) is 5.76 Å². The number of hydrogen-bond acceptors (Lipinski definition) is 4. The topological polar surface area (TPSA) is 46.6 Å². The second-order valence-electron chi connectivity index (χ2n) is 3.52. The Balaban J connectivity index is 2.27. The van der Waals surface area contributed by atoms with Gasteiger partial charge < -0.3 is 4.74 Å². The van der Waals surface area contributed by atoms with Gasteiger partial charge in [-0.15, -0.1) is 12.6 Å². The molecule has 4 nitrogen and oxygen atoms in total. The van der Waals surface area contributed by atoms with E-state index in [0.717, 1.165) is 15.4 Å². The first kappa shape index (κ1) is 11.7. The summed E-state index contributed by atoms with van der Waals surface area (Å²) in [6.45, 7) is 2.03. The van der Waals surface area contributed by atoms with Gasteiger partial charge in [-0.25, -0.2) is 9.69 Å². The Kier molecular flexibility index (Phi) is 3.19. The summed E-state index contributed by atoms with van der Waals surface area (Å²) in [7, 11) is 0. The average molecular weight is 249 g/mol. The molecule has 1 saturated heterocycles. The molecule has 1 aromatic rings. The number of hydrogen-bond donors (Lipinski definition) is 1. The maximum Gasteiger partial charge on any atom is 0.422 e. The van der Waals surface area contributed by atoms with Crippen LogP contribution in [0.4, 0.5) is 4.79 Å². The van der Waals surface area contributed by atoms with Gasteiger partial charge in [0, 0.05) is 11.4 Å². The standard InChI is InChI=1S/C12H11NO3S/c1-2-13-11(14)10(16-12(13)15)7-8-3-5-9(17)6-4-8/h3-7,17H,2H2,1H3/b10-7+. The third-order valence-electron chi connectivity index (χ3n) is 2.38. The number of benzene rings is 1. The monoisotopic (exact) mass is 249 g/mol. The van der Waals surface area contributed by atoms with E-state index in [1.807, 2.05) is 0 Å². The zero-order valence-corrected chi connectivity index (χ0v) is 10.1. The number of likely N-dealkylation sites (N-methyl/N-ethyl adjacent to an activating group) is 1. The zero-order chi connectivity index (χ0) is 12.4. The largest absolute Gasteiger partial charge is 0.422 e. The Hall–Kier alpha value is -1.75. The van der Waals surface area contributed by atoms with Crippen molar-refractivity contribution in [3.05, 3.63) is 35.6 Å². The molecule has 0 N–H and O–H groups in total. The van der Waals surface area contributed by atoms with E-state index < -0.39 is 12.0 Å². The molecular formula is C12H11NO3S. The normalized spacial score (nSPS) is 17.8. The van der Waals surface area contributed by atoms with Gasteiger partial charge in [0.1, 0.15) is 0 Å². The van der Waals surface area contributed by atoms with Gasteiger partial charge in [0.15, 0.2) is 5.76 Å². The predicted octanol–water partition coefficient (Wildman–Crippen LogP) is 2.31. The lowest BCUT2D eigenvalue weighted by atomic mass is 10.2. The third-order valence-corrected chi connectivity index (χ3v) is 2.68. The van der Waals surface area contributed by atoms with E-state index in [1.165, 1.54) is 0 Å². The van der Waals surface area contributed by atoms with Crippen LogP contribution in [0, 0.1) is 0 Å². The Bertz CT molecular complexity index is 493. The fourth-order valence-corrected chi connectivity index (χ4v) is 1.64. The molecular weight excluding hydrogens is 238 g/mol. The summed E-state index contributed by atoms with van der Waals surface area (Å²) in [5.74, 6) is -0.337. The van der Waals surface area contributed by atoms with Gasteiger partial charge in [-0.2, -0.15) is 0 Å². The van der Waals surface area contributed by atoms with Crippen LogP contribution >= 0.6 is 12.6 Å². The van der Waals surface area contributed by atoms with Gasteiger partial charge >= 0.3 is 6.09 Å². The number of ether oxygens (including phenoxy) is 1. The first-order chi connectivity index (χ1) is 8.11. The van der Waals surface area contributed by atoms with Crippen LogP contribution in [0.15, 0.2) is 34.9 Å². The molecule has 0 atom stereocenters. The van der Waals surface area contributed by atoms with Crippen LogP contribution in [0.25, 0.3) is 6.08 Å². The van der Waals surface area contributed by atoms with Crippen molar-refractivity contribution >= 4 is 30.7 Å². The Morgan fingerprint density at radius 2 is 1.94 bits per heavy atom. The summed E-state index contributed by atoms with van der Waals surface area (Å²) in [5, 5.41) is 0. The molecule has 17 heavy (non-hydrogen) atoms. The highest BCUT2D eigenvalue weighted by molar-refractivity contribution is 7.80. The number of amides is 2. The fourth-order valence-electron chi connectivity index (χ4n) is 1.49. The van der Waals surface area contributed by atoms with E-state index in [1.54, 1.807) is 37.3 Å². The Morgan fingerprint density at radius 1 is 1.29 bits per heavy atom. The van der Waals surface area contributed by atoms with Crippen LogP contribution in [0.3, 0.4) is 0 Å². The lowest BCUT2D eigenvalue weighted by Crippen LogP contribution is -2.28. The molecule has 1 aromatic carbocycles. The lowest BCUT2D eigenvalue weighted by Gasteiger charge is -2.03. The van der Waals surface area contributed by atoms with E-state index in [2.05, 4.69) is 12.6 Å². The smallest absolute Gasteiger partial charge is 0.404 e. The molecule has 0 aromatic heterocycles. The zero-order valence-electron chi connectivity index (χ0n) is 9.21. The summed E-state index contributed by atoms with van der Waals surface area (Å²) >= 11 is 4.16. The average Bonchev–Trinajstić information content (AvgIpc) is 2.57. The van der Waals surface area contributed by atoms with Crippen LogP contribution in [0.5, 0.6) is 0 Å². The predicted molar refractivity (Wildman–Crippen MR) is 65.5 cm³/mol. The quantitative estimate of drug-likeness (QED) is 0.646. The van der Waals surface area contributed by atoms with Gasteiger partial charge in [-0.1, -0.05) is 12.1 Å². The van der Waals surface area contributed by atoms with E-state index in [0.29, 0.717) is 6.54 Å². The highest BCUT2D eigenvalue weighted by Crippen LogP contribution is 2.19. The van der Waals surface area contributed by atoms with E-state index in [9.17, 15) is 9.59 Å². The molecule has 0 bridgehead atoms. The number of rotatable bonds is 2. The van der Waals surface area contributed by atoms with Gasteiger partial charge in [-0.05, 0) is 30.7 Å². The van der Waals surface area contributed by atoms with Crippen LogP contribution in [0.1, 0.15) is 12.5 Å². The molecule has 1 aliphatic rings. The van der Waals surface area contributed by atoms with Crippen LogP contribution in [-0.4, -0.2) is 23.4 Å². The van der Waals surface area contributed by atoms with Crippen molar-refractivity contribution in [3.8, 4) is 0 Å². The molecule has 2 rings (SSSR count). The minimum Gasteiger partial charge on any atom is -0.404 e. The molecule has 0 saturated carbocycles. The summed E-state index contributed by atoms with van der Waals surface area (Å²) in [5.41, 5.74) is 0.789. The number of carbonyl (C=O) groups is 2. The molecule has 1 aliphatic heterocycles. The molecule has 2 amide bonds. The third kappa shape index (κ3) is 2.34. The molecule has 0 radical (unpaired) electrons. The minimum atomic E-state index is -0.616. The Morgan fingerprint density at radius 3 is 2.47 bits per heavy atom. The fraction of sp³-hybridized carbons (Fsp3) is 0.167. The van der Waals surface area contributed by atoms with Crippen molar-refractivity contribution in [2.45, 2.75) is 11.8 Å². The number of imide groups is 1. The highest BCUT2D eigenvalue weighted by Gasteiger charge is 2.34. The van der Waals surface area contributed by atoms with Gasteiger partial charge in [0.2, 0.25) is 0 Å². The SMILES string of the molecule is CCN1C(=O)O/C(=C/c2ccc(S)cc2)C1=O. The second-order valence-corrected chi connectivity index (χ2v) is 4.03. The van der Waals surface area contributed by atoms with Crippen molar-refractivity contribution in [2.24, 2.45) is 0 Å². The van der Waals surface area contributed by atoms with Crippen molar-refractivity contribution in [1.29, 1.82) is 0 Å². The van der Waals surface area contributed by atoms with Crippen LogP contribution < -0.4 is 0 Å². The molecule has 0 aliphatic carbocycles. The lowest BCUT2D eigenvalue weighted by molar-refractivity contribution is -0.123. The molecule has 1 fully saturated rings. The Labute approximate surface area is 104 Å². The molecule has 5 heteroatoms. The van der Waals surface area contributed by atoms with Gasteiger partial charge in [-0.3, -0.25) is 4.79 Å². The first-order valence-electron chi connectivity index (χ1n) is 5.16. The van der Waals surface area contributed by atoms with Crippen LogP contribution in [0.2, 0.25) is 0 Å². The van der Waals surface area contributed by atoms with Crippen molar-refractivity contribution in [2.75, 3.05) is 6.54 Å². The molecule has 1 heterocycles. The maximum atomic E-state index is 11.7. The minimum absolute atomic E-state index is 0.0590. The number of thiol groups is 1.